The second-order valence-electron chi connectivity index (χ2n) is 32.1. The second-order valence-corrected chi connectivity index (χ2v) is 32.1. The maximum atomic E-state index is 16.9. The van der Waals surface area contributed by atoms with Crippen LogP contribution in [0.4, 0.5) is 64.7 Å². The van der Waals surface area contributed by atoms with Crippen molar-refractivity contribution in [1.82, 2.24) is 60.2 Å². The molecule has 27 nitrogen and oxygen atoms in total. The normalized spacial score (nSPS) is 25.0. The fourth-order valence-corrected chi connectivity index (χ4v) is 19.3. The molecule has 0 spiro atoms. The van der Waals surface area contributed by atoms with E-state index in [-0.39, 0.29) is 90.8 Å². The van der Waals surface area contributed by atoms with Gasteiger partial charge in [-0.05, 0) is 141 Å². The van der Waals surface area contributed by atoms with E-state index in [1.54, 1.807) is 47.6 Å². The maximum Gasteiger partial charge on any atom is 0.368 e. The third-order valence-corrected chi connectivity index (χ3v) is 24.7. The number of hydrogen-bond acceptors (Lipinski definition) is 27. The summed E-state index contributed by atoms with van der Waals surface area (Å²) in [6, 6.07) is 39.2. The van der Waals surface area contributed by atoms with Crippen LogP contribution < -0.4 is 51.3 Å². The number of para-hydroxylation sites is 3. The van der Waals surface area contributed by atoms with Crippen molar-refractivity contribution >= 4 is 51.6 Å². The van der Waals surface area contributed by atoms with E-state index in [0.29, 0.717) is 114 Å². The van der Waals surface area contributed by atoms with Crippen molar-refractivity contribution in [3.8, 4) is 86.5 Å². The lowest BCUT2D eigenvalue weighted by atomic mass is 9.98. The Hall–Kier alpha value is -11.8. The van der Waals surface area contributed by atoms with Crippen molar-refractivity contribution in [3.05, 3.63) is 163 Å². The first-order chi connectivity index (χ1) is 57.1. The van der Waals surface area contributed by atoms with Crippen molar-refractivity contribution < 1.29 is 42.3 Å². The van der Waals surface area contributed by atoms with Crippen LogP contribution in [0, 0.1) is 41.4 Å². The van der Waals surface area contributed by atoms with Gasteiger partial charge in [0.15, 0.2) is 23.6 Å². The number of aromatic hydroxyl groups is 2. The number of anilines is 9. The van der Waals surface area contributed by atoms with Gasteiger partial charge in [-0.3, -0.25) is 14.7 Å². The fraction of sp³-hybridized carbons (Fsp3) is 0.414. The lowest BCUT2D eigenvalue weighted by Crippen LogP contribution is -2.54. The predicted molar refractivity (Wildman–Crippen MR) is 438 cm³/mol. The smallest absolute Gasteiger partial charge is 0.368 e. The number of nitrogens with zero attached hydrogens (tertiary/aromatic N) is 18. The summed E-state index contributed by atoms with van der Waals surface area (Å²) in [4.78, 5) is 34.1. The Kier molecular flexibility index (Phi) is 20.6. The Morgan fingerprint density at radius 1 is 0.496 bits per heavy atom. The highest BCUT2D eigenvalue weighted by atomic mass is 19.3. The molecule has 9 unspecified atom stereocenters. The topological polar surface area (TPSA) is 301 Å². The third-order valence-electron chi connectivity index (χ3n) is 24.7. The summed E-state index contributed by atoms with van der Waals surface area (Å²) in [5.41, 5.74) is 30.6. The minimum Gasteiger partial charge on any atom is -0.507 e. The molecule has 9 aromatic rings. The lowest BCUT2D eigenvalue weighted by molar-refractivity contribution is -0.268. The van der Waals surface area contributed by atoms with Gasteiger partial charge in [0.2, 0.25) is 6.29 Å². The van der Waals surface area contributed by atoms with Gasteiger partial charge in [0.1, 0.15) is 40.4 Å². The summed E-state index contributed by atoms with van der Waals surface area (Å²) in [5.74, 6) is 21.3. The van der Waals surface area contributed by atoms with Gasteiger partial charge in [-0.2, -0.15) is 8.78 Å². The molecule has 19 rings (SSSR count). The van der Waals surface area contributed by atoms with Crippen molar-refractivity contribution in [1.29, 1.82) is 0 Å². The Morgan fingerprint density at radius 2 is 0.957 bits per heavy atom. The molecule has 10 saturated heterocycles. The molecule has 0 amide bonds. The van der Waals surface area contributed by atoms with Gasteiger partial charge < -0.3 is 75.8 Å². The molecule has 600 valence electrons. The number of morpholine rings is 2. The second kappa shape index (κ2) is 32.0. The van der Waals surface area contributed by atoms with Crippen LogP contribution in [0.3, 0.4) is 0 Å². The van der Waals surface area contributed by atoms with Gasteiger partial charge in [0, 0.05) is 178 Å². The first kappa shape index (κ1) is 75.2. The molecular weight excluding hydrogens is 1490 g/mol. The first-order valence-electron chi connectivity index (χ1n) is 40.4. The molecule has 16 heterocycles. The van der Waals surface area contributed by atoms with Crippen LogP contribution in [-0.2, 0) is 14.2 Å². The highest BCUT2D eigenvalue weighted by molar-refractivity contribution is 5.78. The number of nitrogens with two attached hydrogens (primary N) is 3. The summed E-state index contributed by atoms with van der Waals surface area (Å²) in [6.45, 7) is 8.02. The summed E-state index contributed by atoms with van der Waals surface area (Å²) < 4.78 is 68.4. The van der Waals surface area contributed by atoms with Crippen LogP contribution in [0.2, 0.25) is 0 Å². The first-order valence-corrected chi connectivity index (χ1v) is 40.4. The van der Waals surface area contributed by atoms with Crippen LogP contribution in [0.1, 0.15) is 73.8 Å². The van der Waals surface area contributed by atoms with E-state index in [1.807, 2.05) is 85.1 Å². The molecule has 10 fully saturated rings. The van der Waals surface area contributed by atoms with Crippen molar-refractivity contribution in [2.75, 3.05) is 158 Å². The van der Waals surface area contributed by atoms with Crippen LogP contribution in [-0.4, -0.2) is 243 Å². The summed E-state index contributed by atoms with van der Waals surface area (Å²) >= 11 is 0. The number of hydrogen-bond donors (Lipinski definition) is 5. The Balaban J connectivity index is 0.439. The summed E-state index contributed by atoms with van der Waals surface area (Å²) in [6.07, 6.45) is 6.01. The number of piperazine rings is 3. The Bertz CT molecular complexity index is 5370. The minimum atomic E-state index is -3.16. The quantitative estimate of drug-likeness (QED) is 0.0566. The lowest BCUT2D eigenvalue weighted by Gasteiger charge is -2.43. The molecule has 3 aromatic carbocycles. The van der Waals surface area contributed by atoms with Gasteiger partial charge in [-0.1, -0.05) is 54.2 Å². The highest BCUT2D eigenvalue weighted by Gasteiger charge is 2.47. The van der Waals surface area contributed by atoms with E-state index in [4.69, 9.17) is 31.4 Å². The molecular formula is C87H90F3N21O6. The number of likely N-dealkylation sites (tertiary alicyclic amines) is 1. The van der Waals surface area contributed by atoms with Crippen LogP contribution in [0.5, 0.6) is 17.2 Å². The molecule has 10 aliphatic rings. The average Bonchev–Trinajstić information content (AvgIpc) is 1.67. The van der Waals surface area contributed by atoms with Gasteiger partial charge >= 0.3 is 6.11 Å². The Labute approximate surface area is 675 Å². The summed E-state index contributed by atoms with van der Waals surface area (Å²) in [5, 5.41) is 49.0. The van der Waals surface area contributed by atoms with Crippen molar-refractivity contribution in [2.24, 2.45) is 5.92 Å². The number of aromatic nitrogens is 9. The SMILES string of the molecule is Nc1nnc(-c2ccccc2O)cc1N1CC2CCC(C1)N2c1ccnc(C#CCN2CCOC(C(F)c3cccc(-c4cc(N5CC6CCC(C5)N6c5ccnc(C#CCN6C[C@H]7CC(Oc8ccccc8-c8cc(N9CC%10CCC(C9)N%10c9ccnc(C#CCN%10CCOC(F)(F)C%10)c9)c(N)nn8)O[C@H]7C6)c5)c(N)nn4)c3O)C2)c1. The molecule has 30 heteroatoms. The van der Waals surface area contributed by atoms with Gasteiger partial charge in [-0.15, -0.1) is 30.6 Å². The van der Waals surface area contributed by atoms with E-state index < -0.39 is 31.2 Å². The minimum absolute atomic E-state index is 0.00425. The van der Waals surface area contributed by atoms with E-state index in [0.717, 1.165) is 118 Å². The van der Waals surface area contributed by atoms with Crippen molar-refractivity contribution in [2.45, 2.75) is 112 Å². The van der Waals surface area contributed by atoms with Gasteiger partial charge in [0.25, 0.3) is 0 Å². The monoisotopic (exact) mass is 1580 g/mol. The zero-order valence-corrected chi connectivity index (χ0v) is 64.5. The third kappa shape index (κ3) is 15.6. The van der Waals surface area contributed by atoms with E-state index in [2.05, 4.69) is 137 Å². The molecule has 6 aromatic heterocycles. The zero-order valence-electron chi connectivity index (χ0n) is 64.5. The molecule has 117 heavy (non-hydrogen) atoms. The average molecular weight is 1580 g/mol. The number of fused-ring (bicyclic) bond motifs is 7. The fourth-order valence-electron chi connectivity index (χ4n) is 19.3. The highest BCUT2D eigenvalue weighted by Crippen LogP contribution is 2.46. The van der Waals surface area contributed by atoms with Gasteiger partial charge in [-0.25, -0.2) is 19.3 Å². The maximum absolute atomic E-state index is 16.9. The molecule has 0 aliphatic carbocycles. The standard InChI is InChI=1S/C87H90F3N21O6/c88-82(80-52-103(33-35-114-80)30-6-9-55-38-58(24-27-94-55)109-61-18-19-62(109)46-106(45-61)74-41-71(97-100-84(74)91)67-12-1-3-16-77(67)112)70-15-5-14-69(83(70)113)73-43-76(86(93)102-99-73)108-49-65-22-23-66(50-108)111(65)60-26-29-96-57(40-60)11-8-32-105-44-54-37-81(117-79(54)51-105)116-78-17-4-2-13-68(78)72-42-75(85(92)101-98-72)107-47-63-20-21-64(48-107)110(63)59-25-28-95-56(39-59)10-7-31-104-34-36-115-87(89,90)53-104/h1-5,12-17,24-29,38-43,54,61-66,79-82,112-113H,18-23,30-37,44-53H2,(H2,91,100)(H2,92,101)(H2,93,102)/t54-,61?,62?,63?,64?,65?,66?,79+,80?,81?,82?/m1/s1. The van der Waals surface area contributed by atoms with Crippen LogP contribution >= 0.6 is 0 Å². The van der Waals surface area contributed by atoms with Crippen LogP contribution in [0.25, 0.3) is 33.8 Å². The predicted octanol–water partition coefficient (Wildman–Crippen LogP) is 8.49. The molecule has 8 N–H and O–H groups in total. The number of ether oxygens (including phenoxy) is 4. The number of rotatable bonds is 16. The number of pyridine rings is 3. The molecule has 11 atom stereocenters. The summed E-state index contributed by atoms with van der Waals surface area (Å²) in [7, 11) is 0. The number of halogens is 3. The number of alkyl halides is 3. The van der Waals surface area contributed by atoms with Gasteiger partial charge in [0.05, 0.1) is 79.6 Å². The molecule has 10 aliphatic heterocycles. The number of benzene rings is 3. The van der Waals surface area contributed by atoms with E-state index in [9.17, 15) is 19.0 Å². The Morgan fingerprint density at radius 3 is 1.47 bits per heavy atom. The molecule has 6 bridgehead atoms. The largest absolute Gasteiger partial charge is 0.507 e. The van der Waals surface area contributed by atoms with Crippen molar-refractivity contribution in [3.63, 3.8) is 0 Å². The van der Waals surface area contributed by atoms with E-state index >= 15 is 4.39 Å². The number of nitrogen functional groups attached to an aromatic ring is 3. The van der Waals surface area contributed by atoms with Crippen LogP contribution in [0.15, 0.2) is 140 Å². The zero-order chi connectivity index (χ0) is 79.4. The number of phenolic OH excluding ortho intramolecular Hbond substituents is 2. The number of phenols is 2. The van der Waals surface area contributed by atoms with E-state index in [1.165, 1.54) is 0 Å². The molecule has 0 radical (unpaired) electrons. The molecule has 0 saturated carbocycles.